The van der Waals surface area contributed by atoms with Crippen LogP contribution in [0.5, 0.6) is 0 Å². The van der Waals surface area contributed by atoms with Gasteiger partial charge in [0.15, 0.2) is 0 Å². The summed E-state index contributed by atoms with van der Waals surface area (Å²) in [4.78, 5) is 2.47. The van der Waals surface area contributed by atoms with Gasteiger partial charge in [-0.3, -0.25) is 0 Å². The Labute approximate surface area is 105 Å². The molecule has 2 heteroatoms. The van der Waals surface area contributed by atoms with Crippen LogP contribution in [0.2, 0.25) is 0 Å². The number of rotatable bonds is 5. The zero-order valence-electron chi connectivity index (χ0n) is 11.1. The lowest BCUT2D eigenvalue weighted by Crippen LogP contribution is -2.35. The number of hydrogen-bond acceptors (Lipinski definition) is 2. The maximum atomic E-state index is 3.61. The van der Waals surface area contributed by atoms with Crippen molar-refractivity contribution in [3.63, 3.8) is 0 Å². The van der Waals surface area contributed by atoms with E-state index in [1.54, 1.807) is 0 Å². The van der Waals surface area contributed by atoms with Crippen molar-refractivity contribution < 1.29 is 0 Å². The van der Waals surface area contributed by atoms with Crippen molar-refractivity contribution in [2.75, 3.05) is 20.1 Å². The summed E-state index contributed by atoms with van der Waals surface area (Å²) in [6, 6.07) is 9.48. The summed E-state index contributed by atoms with van der Waals surface area (Å²) in [5.41, 5.74) is 2.93. The second-order valence-corrected chi connectivity index (χ2v) is 5.03. The molecule has 1 aliphatic heterocycles. The molecule has 1 aliphatic rings. The normalized spacial score (nSPS) is 20.9. The predicted octanol–water partition coefficient (Wildman–Crippen LogP) is 2.43. The van der Waals surface area contributed by atoms with Crippen LogP contribution in [0.1, 0.15) is 30.9 Å². The highest BCUT2D eigenvalue weighted by Gasteiger charge is 2.19. The van der Waals surface area contributed by atoms with E-state index < -0.39 is 0 Å². The van der Waals surface area contributed by atoms with Crippen molar-refractivity contribution in [1.29, 1.82) is 0 Å². The molecule has 2 nitrogen and oxygen atoms in total. The quantitative estimate of drug-likeness (QED) is 0.839. The Morgan fingerprint density at radius 2 is 2.06 bits per heavy atom. The van der Waals surface area contributed by atoms with E-state index in [-0.39, 0.29) is 0 Å². The zero-order valence-corrected chi connectivity index (χ0v) is 11.1. The first kappa shape index (κ1) is 12.6. The number of likely N-dealkylation sites (tertiary alicyclic amines) is 1. The first-order valence-electron chi connectivity index (χ1n) is 6.79. The third-order valence-corrected chi connectivity index (χ3v) is 3.87. The van der Waals surface area contributed by atoms with E-state index in [0.717, 1.165) is 25.6 Å². The average molecular weight is 232 g/mol. The minimum absolute atomic E-state index is 0.740. The highest BCUT2D eigenvalue weighted by molar-refractivity contribution is 5.26. The number of aryl methyl sites for hydroxylation is 1. The Morgan fingerprint density at radius 3 is 2.71 bits per heavy atom. The summed E-state index contributed by atoms with van der Waals surface area (Å²) >= 11 is 0. The fourth-order valence-corrected chi connectivity index (χ4v) is 2.69. The summed E-state index contributed by atoms with van der Waals surface area (Å²) in [6.45, 7) is 5.62. The van der Waals surface area contributed by atoms with E-state index in [0.29, 0.717) is 0 Å². The van der Waals surface area contributed by atoms with Crippen molar-refractivity contribution in [1.82, 2.24) is 10.2 Å². The Kier molecular flexibility index (Phi) is 4.57. The maximum absolute atomic E-state index is 3.61. The molecule has 0 amide bonds. The Balaban J connectivity index is 1.81. The lowest BCUT2D eigenvalue weighted by molar-refractivity contribution is 0.300. The van der Waals surface area contributed by atoms with Gasteiger partial charge in [0.2, 0.25) is 0 Å². The van der Waals surface area contributed by atoms with Crippen LogP contribution in [0.3, 0.4) is 0 Å². The van der Waals surface area contributed by atoms with Gasteiger partial charge in [-0.2, -0.15) is 0 Å². The highest BCUT2D eigenvalue weighted by Crippen LogP contribution is 2.14. The molecule has 0 spiro atoms. The Hall–Kier alpha value is -0.860. The molecule has 1 saturated heterocycles. The number of hydrogen-bond donors (Lipinski definition) is 1. The number of nitrogens with one attached hydrogen (secondary N) is 1. The first-order valence-corrected chi connectivity index (χ1v) is 6.79. The first-order chi connectivity index (χ1) is 8.31. The topological polar surface area (TPSA) is 15.3 Å². The smallest absolute Gasteiger partial charge is 0.0218 e. The van der Waals surface area contributed by atoms with Gasteiger partial charge in [0, 0.05) is 19.1 Å². The number of likely N-dealkylation sites (N-methyl/N-ethyl adjacent to an activating group) is 1. The van der Waals surface area contributed by atoms with Crippen LogP contribution in [-0.2, 0) is 13.0 Å². The molecule has 0 saturated carbocycles. The van der Waals surface area contributed by atoms with E-state index >= 15 is 0 Å². The van der Waals surface area contributed by atoms with Gasteiger partial charge in [-0.25, -0.2) is 0 Å². The SMILES string of the molecule is CCc1ccccc1CNCC1CCCN1C. The summed E-state index contributed by atoms with van der Waals surface area (Å²) in [5.74, 6) is 0. The second-order valence-electron chi connectivity index (χ2n) is 5.03. The molecule has 1 fully saturated rings. The largest absolute Gasteiger partial charge is 0.311 e. The van der Waals surface area contributed by atoms with Gasteiger partial charge in [-0.15, -0.1) is 0 Å². The Morgan fingerprint density at radius 1 is 1.29 bits per heavy atom. The number of benzene rings is 1. The van der Waals surface area contributed by atoms with Gasteiger partial charge in [0.05, 0.1) is 0 Å². The molecule has 2 rings (SSSR count). The molecular formula is C15H24N2. The molecule has 1 N–H and O–H groups in total. The highest BCUT2D eigenvalue weighted by atomic mass is 15.2. The predicted molar refractivity (Wildman–Crippen MR) is 73.2 cm³/mol. The fraction of sp³-hybridized carbons (Fsp3) is 0.600. The maximum Gasteiger partial charge on any atom is 0.0218 e. The van der Waals surface area contributed by atoms with Crippen LogP contribution in [0, 0.1) is 0 Å². The molecule has 0 aromatic heterocycles. The van der Waals surface area contributed by atoms with Gasteiger partial charge in [-0.1, -0.05) is 31.2 Å². The lowest BCUT2D eigenvalue weighted by Gasteiger charge is -2.20. The van der Waals surface area contributed by atoms with Crippen molar-refractivity contribution in [3.8, 4) is 0 Å². The molecule has 1 heterocycles. The lowest BCUT2D eigenvalue weighted by atomic mass is 10.1. The van der Waals surface area contributed by atoms with Crippen LogP contribution in [0.4, 0.5) is 0 Å². The summed E-state index contributed by atoms with van der Waals surface area (Å²) in [5, 5.41) is 3.61. The minimum Gasteiger partial charge on any atom is -0.311 e. The zero-order chi connectivity index (χ0) is 12.1. The molecule has 1 aromatic rings. The van der Waals surface area contributed by atoms with E-state index in [1.807, 2.05) is 0 Å². The second kappa shape index (κ2) is 6.18. The van der Waals surface area contributed by atoms with Crippen molar-refractivity contribution in [2.45, 2.75) is 38.8 Å². The van der Waals surface area contributed by atoms with Gasteiger partial charge in [-0.05, 0) is 44.0 Å². The van der Waals surface area contributed by atoms with Crippen molar-refractivity contribution >= 4 is 0 Å². The van der Waals surface area contributed by atoms with Gasteiger partial charge < -0.3 is 10.2 Å². The van der Waals surface area contributed by atoms with Crippen LogP contribution < -0.4 is 5.32 Å². The van der Waals surface area contributed by atoms with Crippen LogP contribution in [-0.4, -0.2) is 31.1 Å². The van der Waals surface area contributed by atoms with E-state index in [1.165, 1.54) is 30.5 Å². The molecule has 1 unspecified atom stereocenters. The minimum atomic E-state index is 0.740. The summed E-state index contributed by atoms with van der Waals surface area (Å²) in [7, 11) is 2.24. The van der Waals surface area contributed by atoms with Gasteiger partial charge in [0.25, 0.3) is 0 Å². The summed E-state index contributed by atoms with van der Waals surface area (Å²) in [6.07, 6.45) is 3.83. The third kappa shape index (κ3) is 3.30. The Bertz CT molecular complexity index is 349. The standard InChI is InChI=1S/C15H24N2/c1-3-13-7-4-5-8-14(13)11-16-12-15-9-6-10-17(15)2/h4-5,7-8,15-16H,3,6,9-12H2,1-2H3. The van der Waals surface area contributed by atoms with Crippen molar-refractivity contribution in [2.24, 2.45) is 0 Å². The average Bonchev–Trinajstić information content (AvgIpc) is 2.76. The van der Waals surface area contributed by atoms with Crippen molar-refractivity contribution in [3.05, 3.63) is 35.4 Å². The summed E-state index contributed by atoms with van der Waals surface area (Å²) < 4.78 is 0. The molecule has 1 atom stereocenters. The van der Waals surface area contributed by atoms with E-state index in [9.17, 15) is 0 Å². The van der Waals surface area contributed by atoms with Gasteiger partial charge in [0.1, 0.15) is 0 Å². The molecule has 94 valence electrons. The van der Waals surface area contributed by atoms with Gasteiger partial charge >= 0.3 is 0 Å². The number of nitrogens with zero attached hydrogens (tertiary/aromatic N) is 1. The fourth-order valence-electron chi connectivity index (χ4n) is 2.69. The van der Waals surface area contributed by atoms with Crippen LogP contribution in [0.15, 0.2) is 24.3 Å². The molecule has 0 radical (unpaired) electrons. The van der Waals surface area contributed by atoms with Crippen LogP contribution in [0.25, 0.3) is 0 Å². The molecule has 17 heavy (non-hydrogen) atoms. The molecular weight excluding hydrogens is 208 g/mol. The molecule has 0 aliphatic carbocycles. The molecule has 0 bridgehead atoms. The molecule has 1 aromatic carbocycles. The monoisotopic (exact) mass is 232 g/mol. The third-order valence-electron chi connectivity index (χ3n) is 3.87. The van der Waals surface area contributed by atoms with E-state index in [2.05, 4.69) is 48.5 Å². The van der Waals surface area contributed by atoms with E-state index in [4.69, 9.17) is 0 Å². The van der Waals surface area contributed by atoms with Crippen LogP contribution >= 0.6 is 0 Å².